The van der Waals surface area contributed by atoms with Crippen molar-refractivity contribution >= 4 is 23.3 Å². The number of nitrogens with one attached hydrogen (secondary N) is 2. The van der Waals surface area contributed by atoms with E-state index < -0.39 is 0 Å². The molecule has 0 spiro atoms. The Kier molecular flexibility index (Phi) is 8.69. The van der Waals surface area contributed by atoms with Gasteiger partial charge in [-0.1, -0.05) is 6.92 Å². The van der Waals surface area contributed by atoms with Crippen LogP contribution in [0.5, 0.6) is 0 Å². The zero-order valence-electron chi connectivity index (χ0n) is 18.0. The molecule has 1 saturated heterocycles. The molecule has 3 atom stereocenters. The van der Waals surface area contributed by atoms with Gasteiger partial charge in [0, 0.05) is 26.2 Å². The third-order valence-corrected chi connectivity index (χ3v) is 6.42. The van der Waals surface area contributed by atoms with Gasteiger partial charge < -0.3 is 15.4 Å². The quantitative estimate of drug-likeness (QED) is 0.409. The molecule has 158 valence electrons. The standard InChI is InChI=1S/C20H35N5O2S/c1-7-27-19(26)17-15(4)23-18(28-17)16(5)24-20(21-6)22-11-14(3)25-10-8-9-13(2)12-25/h13-14,16H,7-12H2,1-6H3,(H2,21,22,24). The van der Waals surface area contributed by atoms with E-state index in [1.54, 1.807) is 14.0 Å². The molecule has 0 bridgehead atoms. The second-order valence-electron chi connectivity index (χ2n) is 7.60. The molecule has 1 aromatic rings. The van der Waals surface area contributed by atoms with E-state index in [4.69, 9.17) is 4.74 Å². The predicted molar refractivity (Wildman–Crippen MR) is 115 cm³/mol. The Bertz CT molecular complexity index is 676. The molecule has 0 amide bonds. The van der Waals surface area contributed by atoms with Gasteiger partial charge in [0.05, 0.1) is 18.3 Å². The maximum atomic E-state index is 12.0. The molecule has 0 aliphatic carbocycles. The third kappa shape index (κ3) is 6.17. The zero-order chi connectivity index (χ0) is 20.7. The minimum atomic E-state index is -0.303. The number of likely N-dealkylation sites (tertiary alicyclic amines) is 1. The minimum Gasteiger partial charge on any atom is -0.462 e. The van der Waals surface area contributed by atoms with Crippen molar-refractivity contribution in [3.05, 3.63) is 15.6 Å². The van der Waals surface area contributed by atoms with Gasteiger partial charge in [-0.2, -0.15) is 0 Å². The molecule has 1 aromatic heterocycles. The van der Waals surface area contributed by atoms with Crippen molar-refractivity contribution in [1.29, 1.82) is 0 Å². The van der Waals surface area contributed by atoms with E-state index in [9.17, 15) is 4.79 Å². The van der Waals surface area contributed by atoms with Crippen LogP contribution in [0.4, 0.5) is 0 Å². The van der Waals surface area contributed by atoms with Crippen LogP contribution in [0.2, 0.25) is 0 Å². The van der Waals surface area contributed by atoms with Crippen LogP contribution in [0.3, 0.4) is 0 Å². The summed E-state index contributed by atoms with van der Waals surface area (Å²) in [5.41, 5.74) is 0.711. The summed E-state index contributed by atoms with van der Waals surface area (Å²) in [5, 5.41) is 7.66. The molecule has 0 aromatic carbocycles. The van der Waals surface area contributed by atoms with Gasteiger partial charge in [0.2, 0.25) is 0 Å². The summed E-state index contributed by atoms with van der Waals surface area (Å²) in [7, 11) is 1.77. The number of guanidine groups is 1. The number of piperidine rings is 1. The lowest BCUT2D eigenvalue weighted by atomic mass is 9.99. The molecule has 1 fully saturated rings. The number of hydrogen-bond donors (Lipinski definition) is 2. The molecule has 2 heterocycles. The van der Waals surface area contributed by atoms with Crippen LogP contribution in [0, 0.1) is 12.8 Å². The number of aryl methyl sites for hydroxylation is 1. The average Bonchev–Trinajstić information content (AvgIpc) is 3.06. The number of esters is 1. The van der Waals surface area contributed by atoms with Crippen LogP contribution in [0.15, 0.2) is 4.99 Å². The van der Waals surface area contributed by atoms with Gasteiger partial charge in [-0.15, -0.1) is 11.3 Å². The van der Waals surface area contributed by atoms with Gasteiger partial charge in [-0.3, -0.25) is 9.89 Å². The maximum absolute atomic E-state index is 12.0. The molecule has 28 heavy (non-hydrogen) atoms. The van der Waals surface area contributed by atoms with Crippen molar-refractivity contribution < 1.29 is 9.53 Å². The number of ether oxygens (including phenoxy) is 1. The zero-order valence-corrected chi connectivity index (χ0v) is 18.9. The van der Waals surface area contributed by atoms with Crippen LogP contribution in [0.1, 0.15) is 67.0 Å². The fraction of sp³-hybridized carbons (Fsp3) is 0.750. The second-order valence-corrected chi connectivity index (χ2v) is 8.63. The maximum Gasteiger partial charge on any atom is 0.350 e. The van der Waals surface area contributed by atoms with Gasteiger partial charge in [0.25, 0.3) is 0 Å². The molecular formula is C20H35N5O2S. The number of nitrogens with zero attached hydrogens (tertiary/aromatic N) is 3. The van der Waals surface area contributed by atoms with Crippen LogP contribution < -0.4 is 10.6 Å². The molecular weight excluding hydrogens is 374 g/mol. The Morgan fingerprint density at radius 1 is 1.46 bits per heavy atom. The Labute approximate surface area is 173 Å². The minimum absolute atomic E-state index is 0.0524. The Morgan fingerprint density at radius 2 is 2.21 bits per heavy atom. The molecule has 2 N–H and O–H groups in total. The summed E-state index contributed by atoms with van der Waals surface area (Å²) in [5.74, 6) is 1.22. The Balaban J connectivity index is 1.90. The summed E-state index contributed by atoms with van der Waals surface area (Å²) in [6, 6.07) is 0.400. The van der Waals surface area contributed by atoms with Gasteiger partial charge in [0.1, 0.15) is 9.88 Å². The summed E-state index contributed by atoms with van der Waals surface area (Å²) in [6.45, 7) is 13.8. The number of aromatic nitrogens is 1. The van der Waals surface area contributed by atoms with Crippen molar-refractivity contribution in [3.63, 3.8) is 0 Å². The number of thiazole rings is 1. The van der Waals surface area contributed by atoms with E-state index in [0.29, 0.717) is 23.2 Å². The predicted octanol–water partition coefficient (Wildman–Crippen LogP) is 2.97. The molecule has 2 rings (SSSR count). The van der Waals surface area contributed by atoms with Crippen LogP contribution >= 0.6 is 11.3 Å². The first-order valence-corrected chi connectivity index (χ1v) is 11.0. The van der Waals surface area contributed by atoms with Gasteiger partial charge >= 0.3 is 5.97 Å². The van der Waals surface area contributed by atoms with Gasteiger partial charge in [-0.05, 0) is 53.0 Å². The summed E-state index contributed by atoms with van der Waals surface area (Å²) < 4.78 is 5.10. The smallest absolute Gasteiger partial charge is 0.350 e. The van der Waals surface area contributed by atoms with Crippen LogP contribution in [0.25, 0.3) is 0 Å². The number of hydrogen-bond acceptors (Lipinski definition) is 6. The molecule has 0 saturated carbocycles. The first-order valence-electron chi connectivity index (χ1n) is 10.2. The highest BCUT2D eigenvalue weighted by atomic mass is 32.1. The SMILES string of the molecule is CCOC(=O)c1sc(C(C)NC(=NC)NCC(C)N2CCCC(C)C2)nc1C. The van der Waals surface area contributed by atoms with Gasteiger partial charge in [0.15, 0.2) is 5.96 Å². The summed E-state index contributed by atoms with van der Waals surface area (Å²) in [4.78, 5) is 24.0. The van der Waals surface area contributed by atoms with E-state index in [1.165, 1.54) is 37.3 Å². The molecule has 1 aliphatic rings. The summed E-state index contributed by atoms with van der Waals surface area (Å²) in [6.07, 6.45) is 2.61. The van der Waals surface area contributed by atoms with E-state index in [1.807, 2.05) is 13.8 Å². The van der Waals surface area contributed by atoms with Gasteiger partial charge in [-0.25, -0.2) is 9.78 Å². The van der Waals surface area contributed by atoms with Crippen LogP contribution in [-0.2, 0) is 4.74 Å². The Hall–Kier alpha value is -1.67. The number of aliphatic imine (C=N–C) groups is 1. The molecule has 1 aliphatic heterocycles. The topological polar surface area (TPSA) is 78.8 Å². The van der Waals surface area contributed by atoms with Crippen LogP contribution in [-0.4, -0.2) is 61.1 Å². The van der Waals surface area contributed by atoms with E-state index in [0.717, 1.165) is 23.4 Å². The molecule has 7 nitrogen and oxygen atoms in total. The van der Waals surface area contributed by atoms with Crippen molar-refractivity contribution in [1.82, 2.24) is 20.5 Å². The van der Waals surface area contributed by atoms with Crippen molar-refractivity contribution in [2.45, 2.75) is 59.5 Å². The average molecular weight is 410 g/mol. The van der Waals surface area contributed by atoms with E-state index in [-0.39, 0.29) is 12.0 Å². The normalized spacial score (nSPS) is 20.5. The van der Waals surface area contributed by atoms with Crippen molar-refractivity contribution in [2.75, 3.05) is 33.3 Å². The molecule has 0 radical (unpaired) electrons. The molecule has 3 unspecified atom stereocenters. The largest absolute Gasteiger partial charge is 0.462 e. The highest BCUT2D eigenvalue weighted by Crippen LogP contribution is 2.24. The lowest BCUT2D eigenvalue weighted by molar-refractivity contribution is 0.0531. The van der Waals surface area contributed by atoms with E-state index >= 15 is 0 Å². The monoisotopic (exact) mass is 409 g/mol. The van der Waals surface area contributed by atoms with E-state index in [2.05, 4.69) is 39.4 Å². The highest BCUT2D eigenvalue weighted by molar-refractivity contribution is 7.13. The first kappa shape index (κ1) is 22.6. The number of carbonyl (C=O) groups is 1. The Morgan fingerprint density at radius 3 is 2.86 bits per heavy atom. The third-order valence-electron chi connectivity index (χ3n) is 5.10. The molecule has 8 heteroatoms. The lowest BCUT2D eigenvalue weighted by Gasteiger charge is -2.35. The number of rotatable bonds is 7. The fourth-order valence-corrected chi connectivity index (χ4v) is 4.41. The first-order chi connectivity index (χ1) is 13.3. The second kappa shape index (κ2) is 10.8. The lowest BCUT2D eigenvalue weighted by Crippen LogP contribution is -2.48. The highest BCUT2D eigenvalue weighted by Gasteiger charge is 2.22. The fourth-order valence-electron chi connectivity index (χ4n) is 3.45. The number of carbonyl (C=O) groups excluding carboxylic acids is 1. The van der Waals surface area contributed by atoms with Crippen molar-refractivity contribution in [3.8, 4) is 0 Å². The summed E-state index contributed by atoms with van der Waals surface area (Å²) >= 11 is 1.38. The van der Waals surface area contributed by atoms with Crippen molar-refractivity contribution in [2.24, 2.45) is 10.9 Å².